The second-order valence-electron chi connectivity index (χ2n) is 9.43. The molecule has 1 atom stereocenters. The Labute approximate surface area is 205 Å². The van der Waals surface area contributed by atoms with Crippen molar-refractivity contribution in [2.45, 2.75) is 39.0 Å². The van der Waals surface area contributed by atoms with Gasteiger partial charge in [0.15, 0.2) is 5.65 Å². The van der Waals surface area contributed by atoms with E-state index in [2.05, 4.69) is 26.8 Å². The summed E-state index contributed by atoms with van der Waals surface area (Å²) >= 11 is 0. The Balaban J connectivity index is 1.42. The number of nitrogens with one attached hydrogen (secondary N) is 2. The Morgan fingerprint density at radius 1 is 1.29 bits per heavy atom. The van der Waals surface area contributed by atoms with Gasteiger partial charge in [-0.25, -0.2) is 9.97 Å². The fraction of sp³-hybridized carbons (Fsp3) is 0.385. The average Bonchev–Trinajstić information content (AvgIpc) is 3.27. The van der Waals surface area contributed by atoms with Crippen molar-refractivity contribution in [3.8, 4) is 0 Å². The third-order valence-corrected chi connectivity index (χ3v) is 6.14. The van der Waals surface area contributed by atoms with E-state index in [4.69, 9.17) is 9.72 Å². The SMILES string of the molecule is C=CC(=O)N1CCN(c2cnc3[nH]cc(C(=O)NC(C)COCc4ccccc4)c3n2)CC1(C)C. The number of fused-ring (bicyclic) bond motifs is 1. The van der Waals surface area contributed by atoms with Gasteiger partial charge in [-0.3, -0.25) is 9.59 Å². The van der Waals surface area contributed by atoms with E-state index in [0.717, 1.165) is 5.56 Å². The molecule has 2 N–H and O–H groups in total. The van der Waals surface area contributed by atoms with Gasteiger partial charge in [-0.2, -0.15) is 0 Å². The van der Waals surface area contributed by atoms with Gasteiger partial charge >= 0.3 is 0 Å². The lowest BCUT2D eigenvalue weighted by atomic mass is 9.98. The van der Waals surface area contributed by atoms with E-state index >= 15 is 0 Å². The van der Waals surface area contributed by atoms with E-state index in [1.54, 1.807) is 12.4 Å². The van der Waals surface area contributed by atoms with Gasteiger partial charge in [-0.05, 0) is 32.4 Å². The molecule has 0 saturated carbocycles. The van der Waals surface area contributed by atoms with Crippen LogP contribution in [0.5, 0.6) is 0 Å². The minimum absolute atomic E-state index is 0.0809. The van der Waals surface area contributed by atoms with Gasteiger partial charge in [-0.15, -0.1) is 0 Å². The molecule has 0 aliphatic carbocycles. The molecule has 184 valence electrons. The molecule has 2 aromatic heterocycles. The topological polar surface area (TPSA) is 103 Å². The number of carbonyl (C=O) groups is 2. The van der Waals surface area contributed by atoms with Crippen LogP contribution in [0.3, 0.4) is 0 Å². The molecule has 35 heavy (non-hydrogen) atoms. The van der Waals surface area contributed by atoms with Crippen molar-refractivity contribution in [2.75, 3.05) is 31.1 Å². The fourth-order valence-corrected chi connectivity index (χ4v) is 4.35. The molecule has 2 amide bonds. The van der Waals surface area contributed by atoms with Gasteiger partial charge in [0.1, 0.15) is 11.3 Å². The van der Waals surface area contributed by atoms with Gasteiger partial charge in [0, 0.05) is 31.9 Å². The average molecular weight is 477 g/mol. The predicted octanol–water partition coefficient (Wildman–Crippen LogP) is 2.91. The highest BCUT2D eigenvalue weighted by molar-refractivity contribution is 6.04. The monoisotopic (exact) mass is 476 g/mol. The van der Waals surface area contributed by atoms with Gasteiger partial charge in [0.2, 0.25) is 5.91 Å². The molecular formula is C26H32N6O3. The van der Waals surface area contributed by atoms with Crippen LogP contribution < -0.4 is 10.2 Å². The number of H-pyrrole nitrogens is 1. The number of rotatable bonds is 8. The van der Waals surface area contributed by atoms with Crippen LogP contribution in [0, 0.1) is 0 Å². The number of anilines is 1. The Morgan fingerprint density at radius 2 is 2.06 bits per heavy atom. The second-order valence-corrected chi connectivity index (χ2v) is 9.43. The van der Waals surface area contributed by atoms with Gasteiger partial charge in [0.05, 0.1) is 30.5 Å². The van der Waals surface area contributed by atoms with E-state index in [-0.39, 0.29) is 17.9 Å². The molecule has 9 nitrogen and oxygen atoms in total. The second kappa shape index (κ2) is 10.3. The number of benzene rings is 1. The Bertz CT molecular complexity index is 1210. The number of aromatic nitrogens is 3. The zero-order chi connectivity index (χ0) is 25.0. The van der Waals surface area contributed by atoms with E-state index < -0.39 is 5.54 Å². The number of amides is 2. The summed E-state index contributed by atoms with van der Waals surface area (Å²) in [5, 5.41) is 2.98. The van der Waals surface area contributed by atoms with Crippen molar-refractivity contribution in [3.05, 3.63) is 66.5 Å². The molecule has 3 heterocycles. The number of hydrogen-bond acceptors (Lipinski definition) is 6. The van der Waals surface area contributed by atoms with Crippen LogP contribution in [0.1, 0.15) is 36.7 Å². The summed E-state index contributed by atoms with van der Waals surface area (Å²) in [6.07, 6.45) is 4.68. The number of hydrogen-bond donors (Lipinski definition) is 2. The first-order valence-electron chi connectivity index (χ1n) is 11.7. The standard InChI is InChI=1S/C26H32N6O3/c1-5-22(33)32-12-11-31(17-26(32,3)4)21-14-28-24-23(30-21)20(13-27-24)25(34)29-18(2)15-35-16-19-9-7-6-8-10-19/h5-10,13-14,18H,1,11-12,15-17H2,2-4H3,(H,27,28)(H,29,34). The molecule has 1 aliphatic heterocycles. The number of ether oxygens (including phenoxy) is 1. The number of carbonyl (C=O) groups excluding carboxylic acids is 2. The maximum Gasteiger partial charge on any atom is 0.255 e. The summed E-state index contributed by atoms with van der Waals surface area (Å²) in [4.78, 5) is 41.4. The maximum atomic E-state index is 13.0. The molecule has 0 bridgehead atoms. The Kier molecular flexibility index (Phi) is 7.16. The quantitative estimate of drug-likeness (QED) is 0.485. The minimum Gasteiger partial charge on any atom is -0.375 e. The number of piperazine rings is 1. The lowest BCUT2D eigenvalue weighted by Gasteiger charge is -2.47. The molecule has 1 fully saturated rings. The van der Waals surface area contributed by atoms with Crippen LogP contribution in [0.15, 0.2) is 55.4 Å². The molecule has 9 heteroatoms. The molecule has 1 aromatic carbocycles. The van der Waals surface area contributed by atoms with Crippen molar-refractivity contribution in [3.63, 3.8) is 0 Å². The maximum absolute atomic E-state index is 13.0. The summed E-state index contributed by atoms with van der Waals surface area (Å²) in [7, 11) is 0. The van der Waals surface area contributed by atoms with E-state index in [0.29, 0.717) is 55.4 Å². The molecule has 0 spiro atoms. The first-order chi connectivity index (χ1) is 16.8. The molecule has 1 aliphatic rings. The minimum atomic E-state index is -0.395. The van der Waals surface area contributed by atoms with Gasteiger partial charge in [-0.1, -0.05) is 36.9 Å². The summed E-state index contributed by atoms with van der Waals surface area (Å²) in [6.45, 7) is 12.2. The number of aromatic amines is 1. The molecule has 1 saturated heterocycles. The first kappa shape index (κ1) is 24.4. The molecule has 3 aromatic rings. The fourth-order valence-electron chi connectivity index (χ4n) is 4.35. The summed E-state index contributed by atoms with van der Waals surface area (Å²) < 4.78 is 5.75. The summed E-state index contributed by atoms with van der Waals surface area (Å²) in [5.74, 6) is 0.354. The third-order valence-electron chi connectivity index (χ3n) is 6.14. The summed E-state index contributed by atoms with van der Waals surface area (Å²) in [6, 6.07) is 9.74. The highest BCUT2D eigenvalue weighted by Gasteiger charge is 2.36. The van der Waals surface area contributed by atoms with Crippen molar-refractivity contribution in [1.82, 2.24) is 25.2 Å². The van der Waals surface area contributed by atoms with E-state index in [1.807, 2.05) is 56.0 Å². The molecule has 0 radical (unpaired) electrons. The lowest BCUT2D eigenvalue weighted by molar-refractivity contribution is -0.131. The lowest BCUT2D eigenvalue weighted by Crippen LogP contribution is -2.61. The Hall–Kier alpha value is -3.72. The normalized spacial score (nSPS) is 16.2. The van der Waals surface area contributed by atoms with Crippen molar-refractivity contribution < 1.29 is 14.3 Å². The van der Waals surface area contributed by atoms with E-state index in [9.17, 15) is 9.59 Å². The van der Waals surface area contributed by atoms with Crippen LogP contribution in [-0.2, 0) is 16.1 Å². The van der Waals surface area contributed by atoms with Crippen LogP contribution in [-0.4, -0.2) is 69.5 Å². The molecule has 1 unspecified atom stereocenters. The van der Waals surface area contributed by atoms with Crippen molar-refractivity contribution >= 4 is 28.8 Å². The zero-order valence-corrected chi connectivity index (χ0v) is 20.5. The number of nitrogens with zero attached hydrogens (tertiary/aromatic N) is 4. The van der Waals surface area contributed by atoms with Crippen LogP contribution in [0.4, 0.5) is 5.82 Å². The highest BCUT2D eigenvalue weighted by Crippen LogP contribution is 2.26. The smallest absolute Gasteiger partial charge is 0.255 e. The molecule has 4 rings (SSSR count). The first-order valence-corrected chi connectivity index (χ1v) is 11.7. The van der Waals surface area contributed by atoms with E-state index in [1.165, 1.54) is 6.08 Å². The van der Waals surface area contributed by atoms with Crippen molar-refractivity contribution in [2.24, 2.45) is 0 Å². The van der Waals surface area contributed by atoms with Crippen molar-refractivity contribution in [1.29, 1.82) is 0 Å². The zero-order valence-electron chi connectivity index (χ0n) is 20.5. The third kappa shape index (κ3) is 5.51. The van der Waals surface area contributed by atoms with Gasteiger partial charge < -0.3 is 24.8 Å². The van der Waals surface area contributed by atoms with Crippen LogP contribution in [0.2, 0.25) is 0 Å². The predicted molar refractivity (Wildman–Crippen MR) is 135 cm³/mol. The van der Waals surface area contributed by atoms with Gasteiger partial charge in [0.25, 0.3) is 5.91 Å². The van der Waals surface area contributed by atoms with Crippen LogP contribution in [0.25, 0.3) is 11.2 Å². The summed E-state index contributed by atoms with van der Waals surface area (Å²) in [5.41, 5.74) is 2.19. The Morgan fingerprint density at radius 3 is 2.77 bits per heavy atom. The highest BCUT2D eigenvalue weighted by atomic mass is 16.5. The largest absolute Gasteiger partial charge is 0.375 e. The van der Waals surface area contributed by atoms with Crippen LogP contribution >= 0.6 is 0 Å². The molecular weight excluding hydrogens is 444 g/mol.